The fourth-order valence-electron chi connectivity index (χ4n) is 1.50. The third-order valence-corrected chi connectivity index (χ3v) is 2.18. The molecule has 1 heterocycles. The summed E-state index contributed by atoms with van der Waals surface area (Å²) < 4.78 is 10.4. The topological polar surface area (TPSA) is 47.6 Å². The normalized spacial score (nSPS) is 12.6. The van der Waals surface area contributed by atoms with Crippen LogP contribution in [0, 0.1) is 0 Å². The van der Waals surface area contributed by atoms with E-state index in [1.807, 2.05) is 25.1 Å². The number of hydrogen-bond acceptors (Lipinski definition) is 3. The molecule has 4 nitrogen and oxygen atoms in total. The summed E-state index contributed by atoms with van der Waals surface area (Å²) in [5.41, 5.74) is 0.935. The summed E-state index contributed by atoms with van der Waals surface area (Å²) in [6.45, 7) is 2.82. The largest absolute Gasteiger partial charge is 0.454 e. The van der Waals surface area contributed by atoms with E-state index in [9.17, 15) is 4.79 Å². The van der Waals surface area contributed by atoms with Crippen molar-refractivity contribution in [2.24, 2.45) is 0 Å². The highest BCUT2D eigenvalue weighted by Crippen LogP contribution is 2.32. The van der Waals surface area contributed by atoms with E-state index in [0.29, 0.717) is 13.0 Å². The first-order valence-corrected chi connectivity index (χ1v) is 4.95. The van der Waals surface area contributed by atoms with Gasteiger partial charge in [-0.2, -0.15) is 0 Å². The van der Waals surface area contributed by atoms with Crippen molar-refractivity contribution in [1.29, 1.82) is 0 Å². The van der Waals surface area contributed by atoms with Crippen molar-refractivity contribution >= 4 is 5.91 Å². The molecule has 0 atom stereocenters. The molecule has 0 bridgehead atoms. The third kappa shape index (κ3) is 2.21. The van der Waals surface area contributed by atoms with Crippen LogP contribution in [-0.2, 0) is 11.2 Å². The minimum atomic E-state index is 0.0244. The average Bonchev–Trinajstić information content (AvgIpc) is 2.65. The number of hydrogen-bond donors (Lipinski definition) is 1. The summed E-state index contributed by atoms with van der Waals surface area (Å²) in [5, 5.41) is 2.75. The van der Waals surface area contributed by atoms with Gasteiger partial charge in [-0.25, -0.2) is 0 Å². The molecule has 0 aromatic heterocycles. The van der Waals surface area contributed by atoms with E-state index in [0.717, 1.165) is 17.1 Å². The summed E-state index contributed by atoms with van der Waals surface area (Å²) in [4.78, 5) is 11.3. The maximum Gasteiger partial charge on any atom is 0.231 e. The second-order valence-corrected chi connectivity index (χ2v) is 3.32. The zero-order valence-electron chi connectivity index (χ0n) is 8.58. The second kappa shape index (κ2) is 4.21. The molecule has 0 saturated carbocycles. The van der Waals surface area contributed by atoms with Gasteiger partial charge in [-0.3, -0.25) is 4.79 Å². The maximum atomic E-state index is 11.3. The van der Waals surface area contributed by atoms with Crippen LogP contribution in [0.2, 0.25) is 0 Å². The highest BCUT2D eigenvalue weighted by molar-refractivity contribution is 5.78. The second-order valence-electron chi connectivity index (χ2n) is 3.32. The Hall–Kier alpha value is -1.71. The van der Waals surface area contributed by atoms with Crippen LogP contribution in [0.25, 0.3) is 0 Å². The van der Waals surface area contributed by atoms with Gasteiger partial charge < -0.3 is 14.8 Å². The first-order chi connectivity index (χ1) is 7.29. The standard InChI is InChI=1S/C11H13NO3/c1-2-12-11(13)6-8-3-4-9-10(5-8)15-7-14-9/h3-5H,2,6-7H2,1H3,(H,12,13). The number of benzene rings is 1. The molecule has 80 valence electrons. The zero-order chi connectivity index (χ0) is 10.7. The van der Waals surface area contributed by atoms with Crippen molar-refractivity contribution in [3.8, 4) is 11.5 Å². The van der Waals surface area contributed by atoms with E-state index < -0.39 is 0 Å². The van der Waals surface area contributed by atoms with Crippen LogP contribution in [0.1, 0.15) is 12.5 Å². The van der Waals surface area contributed by atoms with E-state index in [-0.39, 0.29) is 12.7 Å². The number of ether oxygens (including phenoxy) is 2. The number of amides is 1. The van der Waals surface area contributed by atoms with Gasteiger partial charge in [0.1, 0.15) is 0 Å². The molecule has 1 aliphatic heterocycles. The fraction of sp³-hybridized carbons (Fsp3) is 0.364. The van der Waals surface area contributed by atoms with Gasteiger partial charge in [0.05, 0.1) is 6.42 Å². The molecule has 0 unspecified atom stereocenters. The number of carbonyl (C=O) groups is 1. The summed E-state index contributed by atoms with van der Waals surface area (Å²) >= 11 is 0. The monoisotopic (exact) mass is 207 g/mol. The van der Waals surface area contributed by atoms with Crippen molar-refractivity contribution in [3.63, 3.8) is 0 Å². The van der Waals surface area contributed by atoms with Crippen LogP contribution in [0.3, 0.4) is 0 Å². The maximum absolute atomic E-state index is 11.3. The molecule has 0 saturated heterocycles. The highest BCUT2D eigenvalue weighted by atomic mass is 16.7. The SMILES string of the molecule is CCNC(=O)Cc1ccc2c(c1)OCO2. The zero-order valence-corrected chi connectivity index (χ0v) is 8.58. The van der Waals surface area contributed by atoms with Crippen LogP contribution in [0.4, 0.5) is 0 Å². The lowest BCUT2D eigenvalue weighted by atomic mass is 10.1. The molecule has 1 amide bonds. The Labute approximate surface area is 88.2 Å². The lowest BCUT2D eigenvalue weighted by molar-refractivity contribution is -0.120. The number of carbonyl (C=O) groups excluding carboxylic acids is 1. The van der Waals surface area contributed by atoms with E-state index in [1.165, 1.54) is 0 Å². The molecule has 2 rings (SSSR count). The smallest absolute Gasteiger partial charge is 0.231 e. The minimum Gasteiger partial charge on any atom is -0.454 e. The number of likely N-dealkylation sites (N-methyl/N-ethyl adjacent to an activating group) is 1. The van der Waals surface area contributed by atoms with E-state index in [4.69, 9.17) is 9.47 Å². The van der Waals surface area contributed by atoms with Gasteiger partial charge in [-0.1, -0.05) is 6.07 Å². The molecule has 0 spiro atoms. The van der Waals surface area contributed by atoms with E-state index in [2.05, 4.69) is 5.32 Å². The van der Waals surface area contributed by atoms with Crippen molar-refractivity contribution in [1.82, 2.24) is 5.32 Å². The molecule has 1 aromatic rings. The quantitative estimate of drug-likeness (QED) is 0.807. The van der Waals surface area contributed by atoms with E-state index in [1.54, 1.807) is 0 Å². The summed E-state index contributed by atoms with van der Waals surface area (Å²) in [5.74, 6) is 1.49. The van der Waals surface area contributed by atoms with Gasteiger partial charge in [-0.15, -0.1) is 0 Å². The van der Waals surface area contributed by atoms with Gasteiger partial charge in [0, 0.05) is 6.54 Å². The molecular formula is C11H13NO3. The van der Waals surface area contributed by atoms with Crippen molar-refractivity contribution in [2.75, 3.05) is 13.3 Å². The summed E-state index contributed by atoms with van der Waals surface area (Å²) in [7, 11) is 0. The first kappa shape index (κ1) is 9.83. The Morgan fingerprint density at radius 3 is 3.00 bits per heavy atom. The van der Waals surface area contributed by atoms with Crippen LogP contribution >= 0.6 is 0 Å². The molecule has 0 fully saturated rings. The molecule has 15 heavy (non-hydrogen) atoms. The van der Waals surface area contributed by atoms with E-state index >= 15 is 0 Å². The number of fused-ring (bicyclic) bond motifs is 1. The van der Waals surface area contributed by atoms with Gasteiger partial charge in [-0.05, 0) is 24.6 Å². The first-order valence-electron chi connectivity index (χ1n) is 4.95. The lowest BCUT2D eigenvalue weighted by Gasteiger charge is -2.03. The Morgan fingerprint density at radius 2 is 2.20 bits per heavy atom. The van der Waals surface area contributed by atoms with Gasteiger partial charge in [0.15, 0.2) is 11.5 Å². The van der Waals surface area contributed by atoms with Crippen molar-refractivity contribution < 1.29 is 14.3 Å². The predicted octanol–water partition coefficient (Wildman–Crippen LogP) is 1.09. The molecule has 1 aliphatic rings. The lowest BCUT2D eigenvalue weighted by Crippen LogP contribution is -2.24. The Balaban J connectivity index is 2.06. The minimum absolute atomic E-state index is 0.0244. The van der Waals surface area contributed by atoms with Crippen molar-refractivity contribution in [3.05, 3.63) is 23.8 Å². The highest BCUT2D eigenvalue weighted by Gasteiger charge is 2.13. The number of nitrogens with one attached hydrogen (secondary N) is 1. The average molecular weight is 207 g/mol. The van der Waals surface area contributed by atoms with Crippen LogP contribution in [-0.4, -0.2) is 19.2 Å². The van der Waals surface area contributed by atoms with Gasteiger partial charge in [0.2, 0.25) is 12.7 Å². The molecule has 4 heteroatoms. The van der Waals surface area contributed by atoms with Crippen molar-refractivity contribution in [2.45, 2.75) is 13.3 Å². The molecular weight excluding hydrogens is 194 g/mol. The van der Waals surface area contributed by atoms with Gasteiger partial charge in [0.25, 0.3) is 0 Å². The Kier molecular flexibility index (Phi) is 2.76. The third-order valence-electron chi connectivity index (χ3n) is 2.18. The molecule has 1 aromatic carbocycles. The predicted molar refractivity (Wildman–Crippen MR) is 55.0 cm³/mol. The van der Waals surface area contributed by atoms with Gasteiger partial charge >= 0.3 is 0 Å². The van der Waals surface area contributed by atoms with Crippen LogP contribution in [0.5, 0.6) is 11.5 Å². The fourth-order valence-corrected chi connectivity index (χ4v) is 1.50. The Morgan fingerprint density at radius 1 is 1.40 bits per heavy atom. The molecule has 1 N–H and O–H groups in total. The van der Waals surface area contributed by atoms with Crippen LogP contribution in [0.15, 0.2) is 18.2 Å². The summed E-state index contributed by atoms with van der Waals surface area (Å²) in [6.07, 6.45) is 0.379. The van der Waals surface area contributed by atoms with Crippen LogP contribution < -0.4 is 14.8 Å². The number of rotatable bonds is 3. The summed E-state index contributed by atoms with van der Waals surface area (Å²) in [6, 6.07) is 5.55. The molecule has 0 aliphatic carbocycles. The molecule has 0 radical (unpaired) electrons. The Bertz CT molecular complexity index is 376.